The Morgan fingerprint density at radius 3 is 2.42 bits per heavy atom. The minimum Gasteiger partial charge on any atom is -0.492 e. The van der Waals surface area contributed by atoms with E-state index in [1.807, 2.05) is 55.5 Å². The van der Waals surface area contributed by atoms with Crippen LogP contribution in [0.3, 0.4) is 0 Å². The number of nitrogens with two attached hydrogens (primary N) is 1. The van der Waals surface area contributed by atoms with Crippen LogP contribution in [0, 0.1) is 12.3 Å². The summed E-state index contributed by atoms with van der Waals surface area (Å²) >= 11 is 10.0. The van der Waals surface area contributed by atoms with Gasteiger partial charge in [-0.25, -0.2) is 0 Å². The number of aryl methyl sites for hydroxylation is 1. The average Bonchev–Trinajstić information content (AvgIpc) is 3.51. The van der Waals surface area contributed by atoms with Gasteiger partial charge in [-0.2, -0.15) is 4.99 Å². The zero-order chi connectivity index (χ0) is 29.5. The molecule has 6 nitrogen and oxygen atoms in total. The zero-order valence-corrected chi connectivity index (χ0v) is 27.8. The number of thiocarbonyl (C=S) groups is 1. The quantitative estimate of drug-likeness (QED) is 0.0850. The van der Waals surface area contributed by atoms with Crippen molar-refractivity contribution in [2.45, 2.75) is 66.3 Å². The van der Waals surface area contributed by atoms with Crippen LogP contribution >= 0.6 is 39.9 Å². The number of ketones is 1. The molecule has 0 amide bonds. The van der Waals surface area contributed by atoms with Gasteiger partial charge in [-0.15, -0.1) is 0 Å². The summed E-state index contributed by atoms with van der Waals surface area (Å²) in [4.78, 5) is 17.9. The van der Waals surface area contributed by atoms with Crippen LogP contribution in [0.5, 0.6) is 5.75 Å². The number of rotatable bonds is 11. The van der Waals surface area contributed by atoms with Crippen LogP contribution in [0.15, 0.2) is 53.5 Å². The van der Waals surface area contributed by atoms with Crippen LogP contribution in [0.1, 0.15) is 69.3 Å². The van der Waals surface area contributed by atoms with E-state index in [1.165, 1.54) is 25.9 Å². The lowest BCUT2D eigenvalue weighted by atomic mass is 9.87. The van der Waals surface area contributed by atoms with Gasteiger partial charge < -0.3 is 15.8 Å². The smallest absolute Gasteiger partial charge is 0.199 e. The number of carbonyl (C=O) groups excluding carboxylic acids is 1. The molecule has 0 aromatic heterocycles. The number of nitrogens with zero attached hydrogens (tertiary/aromatic N) is 2. The number of hydrogen-bond donors (Lipinski definition) is 2. The summed E-state index contributed by atoms with van der Waals surface area (Å²) in [7, 11) is 0. The fourth-order valence-electron chi connectivity index (χ4n) is 4.02. The lowest BCUT2D eigenvalue weighted by Crippen LogP contribution is -2.34. The summed E-state index contributed by atoms with van der Waals surface area (Å²) < 4.78 is 5.94. The number of Topliss-reactive ketones (excluding diaryl/α,β-unsaturated/α-hetero) is 1. The van der Waals surface area contributed by atoms with E-state index in [9.17, 15) is 4.79 Å². The summed E-state index contributed by atoms with van der Waals surface area (Å²) in [5.41, 5.74) is 9.11. The van der Waals surface area contributed by atoms with Gasteiger partial charge in [0.05, 0.1) is 5.33 Å². The molecule has 0 saturated carbocycles. The Bertz CT molecular complexity index is 1100. The molecule has 0 radical (unpaired) electrons. The van der Waals surface area contributed by atoms with Crippen LogP contribution in [0.4, 0.5) is 5.69 Å². The number of alkyl halides is 1. The molecule has 0 bridgehead atoms. The van der Waals surface area contributed by atoms with Gasteiger partial charge in [0, 0.05) is 23.0 Å². The third kappa shape index (κ3) is 12.3. The molecule has 1 fully saturated rings. The Hall–Kier alpha value is -1.94. The van der Waals surface area contributed by atoms with Gasteiger partial charge in [0.25, 0.3) is 0 Å². The number of aliphatic imine (C=N–C) groups is 1. The van der Waals surface area contributed by atoms with Crippen molar-refractivity contribution in [3.8, 4) is 5.75 Å². The molecule has 1 aliphatic rings. The lowest BCUT2D eigenvalue weighted by Gasteiger charge is -2.25. The first-order valence-corrected chi connectivity index (χ1v) is 16.5. The largest absolute Gasteiger partial charge is 0.492 e. The molecular formula is C31H45BrN4O2S2. The van der Waals surface area contributed by atoms with Crippen LogP contribution in [0.2, 0.25) is 0 Å². The maximum absolute atomic E-state index is 11.1. The second kappa shape index (κ2) is 17.8. The number of carbonyl (C=O) groups is 1. The standard InChI is InChI=1S/C22H36N4OS2.C9H9BrO/c1-5-22(4,6-2)16-29-20(23)25-21(28)24-18-9-11-19(12-10-18)27-15-17(3)26-13-7-8-14-26;1-7-3-2-4-8(5-7)9(11)6-10/h9-12,17H,5-8,13-16H2,1-4H3,(H3,23,24,25,28);2-5H,6H2,1H3. The highest BCUT2D eigenvalue weighted by atomic mass is 79.9. The molecule has 1 heterocycles. The molecule has 9 heteroatoms. The number of halogens is 1. The maximum Gasteiger partial charge on any atom is 0.199 e. The van der Waals surface area contributed by atoms with Crippen molar-refractivity contribution in [2.75, 3.05) is 36.1 Å². The highest BCUT2D eigenvalue weighted by molar-refractivity contribution is 9.09. The molecule has 1 atom stereocenters. The summed E-state index contributed by atoms with van der Waals surface area (Å²) in [6, 6.07) is 15.9. The third-order valence-electron chi connectivity index (χ3n) is 7.31. The van der Waals surface area contributed by atoms with Crippen molar-refractivity contribution in [2.24, 2.45) is 16.1 Å². The average molecular weight is 650 g/mol. The van der Waals surface area contributed by atoms with Crippen molar-refractivity contribution in [1.82, 2.24) is 4.90 Å². The second-order valence-electron chi connectivity index (χ2n) is 10.5. The van der Waals surface area contributed by atoms with Crippen molar-refractivity contribution < 1.29 is 9.53 Å². The second-order valence-corrected chi connectivity index (χ2v) is 12.5. The fraction of sp³-hybridized carbons (Fsp3) is 0.516. The zero-order valence-electron chi connectivity index (χ0n) is 24.5. The molecule has 220 valence electrons. The van der Waals surface area contributed by atoms with Crippen LogP contribution in [-0.4, -0.2) is 57.8 Å². The van der Waals surface area contributed by atoms with Crippen molar-refractivity contribution in [1.29, 1.82) is 0 Å². The maximum atomic E-state index is 11.1. The summed E-state index contributed by atoms with van der Waals surface area (Å²) in [6.07, 6.45) is 4.84. The molecule has 0 spiro atoms. The molecule has 2 aromatic carbocycles. The van der Waals surface area contributed by atoms with E-state index in [2.05, 4.69) is 58.8 Å². The Labute approximate surface area is 259 Å². The minimum absolute atomic E-state index is 0.133. The normalized spacial score (nSPS) is 14.7. The predicted molar refractivity (Wildman–Crippen MR) is 180 cm³/mol. The van der Waals surface area contributed by atoms with Crippen LogP contribution in [0.25, 0.3) is 0 Å². The first-order chi connectivity index (χ1) is 19.1. The van der Waals surface area contributed by atoms with Gasteiger partial charge in [-0.1, -0.05) is 72.2 Å². The Balaban J connectivity index is 0.000000425. The summed E-state index contributed by atoms with van der Waals surface area (Å²) in [5, 5.41) is 4.40. The Morgan fingerprint density at radius 2 is 1.85 bits per heavy atom. The molecule has 2 aromatic rings. The fourth-order valence-corrected chi connectivity index (χ4v) is 5.68. The van der Waals surface area contributed by atoms with E-state index in [-0.39, 0.29) is 11.2 Å². The van der Waals surface area contributed by atoms with Gasteiger partial charge >= 0.3 is 0 Å². The first kappa shape index (κ1) is 34.3. The van der Waals surface area contributed by atoms with Gasteiger partial charge in [0.1, 0.15) is 12.4 Å². The number of benzene rings is 2. The van der Waals surface area contributed by atoms with Crippen LogP contribution in [-0.2, 0) is 0 Å². The molecule has 40 heavy (non-hydrogen) atoms. The summed E-state index contributed by atoms with van der Waals surface area (Å²) in [6.45, 7) is 14.0. The highest BCUT2D eigenvalue weighted by Gasteiger charge is 2.20. The number of nitrogens with one attached hydrogen (secondary N) is 1. The van der Waals surface area contributed by atoms with Gasteiger partial charge in [0.15, 0.2) is 16.1 Å². The number of likely N-dealkylation sites (tertiary alicyclic amines) is 1. The number of hydrogen-bond acceptors (Lipinski definition) is 5. The predicted octanol–water partition coefficient (Wildman–Crippen LogP) is 7.69. The van der Waals surface area contributed by atoms with Gasteiger partial charge in [-0.05, 0) is 101 Å². The lowest BCUT2D eigenvalue weighted by molar-refractivity contribution is 0.102. The van der Waals surface area contributed by atoms with Crippen LogP contribution < -0.4 is 15.8 Å². The molecule has 0 aliphatic carbocycles. The number of anilines is 1. The SMILES string of the molecule is CCC(C)(CC)CS/C(N)=N/C(=S)Nc1ccc(OCC(C)N2CCCC2)cc1.Cc1cccc(C(=O)CBr)c1. The molecule has 1 aliphatic heterocycles. The number of amidine groups is 1. The van der Waals surface area contributed by atoms with Gasteiger partial charge in [-0.3, -0.25) is 9.69 Å². The van der Waals surface area contributed by atoms with Crippen molar-refractivity contribution in [3.63, 3.8) is 0 Å². The van der Waals surface area contributed by atoms with E-state index in [4.69, 9.17) is 22.7 Å². The highest BCUT2D eigenvalue weighted by Crippen LogP contribution is 2.29. The van der Waals surface area contributed by atoms with E-state index in [0.29, 0.717) is 28.3 Å². The van der Waals surface area contributed by atoms with Crippen molar-refractivity contribution in [3.05, 3.63) is 59.7 Å². The Kier molecular flexibility index (Phi) is 15.2. The molecule has 1 saturated heterocycles. The van der Waals surface area contributed by atoms with E-state index in [1.54, 1.807) is 11.8 Å². The number of thioether (sulfide) groups is 1. The summed E-state index contributed by atoms with van der Waals surface area (Å²) in [5.74, 6) is 1.94. The van der Waals surface area contributed by atoms with Crippen molar-refractivity contribution >= 4 is 61.7 Å². The molecule has 1 unspecified atom stereocenters. The van der Waals surface area contributed by atoms with E-state index < -0.39 is 0 Å². The van der Waals surface area contributed by atoms with E-state index in [0.717, 1.165) is 41.2 Å². The molecule has 3 N–H and O–H groups in total. The number of ether oxygens (including phenoxy) is 1. The molecule has 3 rings (SSSR count). The molecular weight excluding hydrogens is 604 g/mol. The third-order valence-corrected chi connectivity index (χ3v) is 9.24. The minimum atomic E-state index is 0.133. The Morgan fingerprint density at radius 1 is 1.20 bits per heavy atom. The van der Waals surface area contributed by atoms with E-state index >= 15 is 0 Å². The monoisotopic (exact) mass is 648 g/mol. The topological polar surface area (TPSA) is 80.0 Å². The first-order valence-electron chi connectivity index (χ1n) is 14.0. The van der Waals surface area contributed by atoms with Gasteiger partial charge in [0.2, 0.25) is 0 Å².